The van der Waals surface area contributed by atoms with E-state index in [1.807, 2.05) is 0 Å². The number of carbonyl (C=O) groups is 1. The normalized spacial score (nSPS) is 10.5. The number of hydrogen-bond donors (Lipinski definition) is 0. The topological polar surface area (TPSA) is 30.0 Å². The zero-order valence-corrected chi connectivity index (χ0v) is 9.27. The van der Waals surface area contributed by atoms with Crippen LogP contribution in [0, 0.1) is 0 Å². The van der Waals surface area contributed by atoms with Crippen molar-refractivity contribution in [3.8, 4) is 0 Å². The van der Waals surface area contributed by atoms with Gasteiger partial charge in [0, 0.05) is 5.56 Å². The van der Waals surface area contributed by atoms with Crippen LogP contribution in [0.1, 0.15) is 22.5 Å². The molecule has 1 heterocycles. The maximum Gasteiger partial charge on any atom is 0.280 e. The van der Waals surface area contributed by atoms with Crippen molar-refractivity contribution in [3.63, 3.8) is 0 Å². The highest BCUT2D eigenvalue weighted by atomic mass is 79.9. The number of halogens is 4. The Bertz CT molecular complexity index is 344. The van der Waals surface area contributed by atoms with Gasteiger partial charge >= 0.3 is 0 Å². The highest BCUT2D eigenvalue weighted by molar-refractivity contribution is 9.13. The summed E-state index contributed by atoms with van der Waals surface area (Å²) in [4.78, 5) is 14.0. The number of hydrogen-bond acceptors (Lipinski definition) is 2. The molecule has 13 heavy (non-hydrogen) atoms. The lowest BCUT2D eigenvalue weighted by Gasteiger charge is -2.03. The minimum atomic E-state index is -2.68. The van der Waals surface area contributed by atoms with Crippen molar-refractivity contribution >= 4 is 38.1 Å². The molecule has 0 aliphatic rings. The van der Waals surface area contributed by atoms with Crippen molar-refractivity contribution in [1.29, 1.82) is 0 Å². The summed E-state index contributed by atoms with van der Waals surface area (Å²) in [5, 5.41) is 0. The van der Waals surface area contributed by atoms with E-state index in [9.17, 15) is 13.6 Å². The molecule has 0 amide bonds. The Morgan fingerprint density at radius 3 is 2.54 bits per heavy atom. The fourth-order valence-electron chi connectivity index (χ4n) is 0.734. The van der Waals surface area contributed by atoms with Crippen LogP contribution in [0.2, 0.25) is 0 Å². The predicted octanol–water partition coefficient (Wildman–Crippen LogP) is 3.36. The van der Waals surface area contributed by atoms with Gasteiger partial charge in [0.05, 0.1) is 4.47 Å². The quantitative estimate of drug-likeness (QED) is 0.619. The van der Waals surface area contributed by atoms with Crippen LogP contribution in [0.5, 0.6) is 0 Å². The minimum Gasteiger partial charge on any atom is -0.298 e. The highest BCUT2D eigenvalue weighted by Gasteiger charge is 2.14. The van der Waals surface area contributed by atoms with Gasteiger partial charge in [-0.25, -0.2) is 13.8 Å². The van der Waals surface area contributed by atoms with Gasteiger partial charge in [-0.1, -0.05) is 0 Å². The van der Waals surface area contributed by atoms with Gasteiger partial charge in [0.1, 0.15) is 10.3 Å². The van der Waals surface area contributed by atoms with Gasteiger partial charge < -0.3 is 0 Å². The van der Waals surface area contributed by atoms with Crippen LogP contribution in [0.4, 0.5) is 8.78 Å². The van der Waals surface area contributed by atoms with Crippen LogP contribution in [-0.4, -0.2) is 11.3 Å². The molecular formula is C7H3Br2F2NO. The molecule has 1 aromatic rings. The van der Waals surface area contributed by atoms with Gasteiger partial charge in [-0.15, -0.1) is 0 Å². The van der Waals surface area contributed by atoms with E-state index in [2.05, 4.69) is 36.8 Å². The van der Waals surface area contributed by atoms with E-state index in [0.717, 1.165) is 6.07 Å². The van der Waals surface area contributed by atoms with Crippen LogP contribution < -0.4 is 0 Å². The zero-order valence-electron chi connectivity index (χ0n) is 6.10. The van der Waals surface area contributed by atoms with E-state index < -0.39 is 12.1 Å². The number of carbonyl (C=O) groups excluding carboxylic acids is 1. The van der Waals surface area contributed by atoms with Gasteiger partial charge in [0.25, 0.3) is 6.43 Å². The minimum absolute atomic E-state index is 0.150. The third kappa shape index (κ3) is 2.31. The Morgan fingerprint density at radius 2 is 2.08 bits per heavy atom. The third-order valence-electron chi connectivity index (χ3n) is 1.32. The molecule has 2 nitrogen and oxygen atoms in total. The fraction of sp³-hybridized carbons (Fsp3) is 0.143. The summed E-state index contributed by atoms with van der Waals surface area (Å²) >= 11 is 5.99. The maximum absolute atomic E-state index is 12.2. The van der Waals surface area contributed by atoms with Crippen LogP contribution in [-0.2, 0) is 0 Å². The molecule has 0 atom stereocenters. The van der Waals surface area contributed by atoms with Crippen LogP contribution >= 0.6 is 31.9 Å². The predicted molar refractivity (Wildman–Crippen MR) is 50.0 cm³/mol. The second-order valence-electron chi connectivity index (χ2n) is 2.16. The molecule has 0 N–H and O–H groups in total. The number of nitrogens with zero attached hydrogens (tertiary/aromatic N) is 1. The first-order valence-corrected chi connectivity index (χ1v) is 4.74. The Labute approximate surface area is 89.6 Å². The van der Waals surface area contributed by atoms with Gasteiger partial charge in [-0.2, -0.15) is 0 Å². The number of aromatic nitrogens is 1. The molecule has 0 unspecified atom stereocenters. The second kappa shape index (κ2) is 4.23. The summed E-state index contributed by atoms with van der Waals surface area (Å²) in [5.74, 6) is 0. The fourth-order valence-corrected chi connectivity index (χ4v) is 1.46. The second-order valence-corrected chi connectivity index (χ2v) is 3.70. The highest BCUT2D eigenvalue weighted by Crippen LogP contribution is 2.28. The first-order chi connectivity index (χ1) is 6.06. The third-order valence-corrected chi connectivity index (χ3v) is 3.26. The van der Waals surface area contributed by atoms with Crippen molar-refractivity contribution in [2.75, 3.05) is 0 Å². The number of alkyl halides is 2. The van der Waals surface area contributed by atoms with Gasteiger partial charge in [0.2, 0.25) is 0 Å². The smallest absolute Gasteiger partial charge is 0.280 e. The Kier molecular flexibility index (Phi) is 3.49. The molecule has 0 radical (unpaired) electrons. The first kappa shape index (κ1) is 10.7. The maximum atomic E-state index is 12.2. The van der Waals surface area contributed by atoms with Crippen LogP contribution in [0.25, 0.3) is 0 Å². The average molecular weight is 315 g/mol. The van der Waals surface area contributed by atoms with E-state index in [1.54, 1.807) is 0 Å². The summed E-state index contributed by atoms with van der Waals surface area (Å²) in [6, 6.07) is 1.05. The lowest BCUT2D eigenvalue weighted by Crippen LogP contribution is -1.95. The molecule has 0 saturated heterocycles. The molecule has 0 aromatic carbocycles. The van der Waals surface area contributed by atoms with E-state index in [4.69, 9.17) is 0 Å². The molecule has 0 spiro atoms. The molecule has 0 fully saturated rings. The van der Waals surface area contributed by atoms with Crippen LogP contribution in [0.15, 0.2) is 15.1 Å². The van der Waals surface area contributed by atoms with Gasteiger partial charge in [-0.05, 0) is 37.9 Å². The summed E-state index contributed by atoms with van der Waals surface area (Å²) in [6.07, 6.45) is -2.19. The Balaban J connectivity index is 3.30. The molecule has 70 valence electrons. The summed E-state index contributed by atoms with van der Waals surface area (Å²) in [7, 11) is 0. The zero-order chi connectivity index (χ0) is 10.0. The number of rotatable bonds is 2. The van der Waals surface area contributed by atoms with E-state index >= 15 is 0 Å². The van der Waals surface area contributed by atoms with Gasteiger partial charge in [-0.3, -0.25) is 4.79 Å². The van der Waals surface area contributed by atoms with E-state index in [-0.39, 0.29) is 10.2 Å². The van der Waals surface area contributed by atoms with E-state index in [1.165, 1.54) is 0 Å². The molecular weight excluding hydrogens is 312 g/mol. The lowest BCUT2D eigenvalue weighted by atomic mass is 10.2. The Morgan fingerprint density at radius 1 is 1.46 bits per heavy atom. The lowest BCUT2D eigenvalue weighted by molar-refractivity contribution is 0.112. The standard InChI is InChI=1S/C7H3Br2F2NO/c8-5-3(2-13)1-4(7(10)11)12-6(5)9/h1-2,7H. The average Bonchev–Trinajstić information content (AvgIpc) is 2.09. The number of pyridine rings is 1. The van der Waals surface area contributed by atoms with Gasteiger partial charge in [0.15, 0.2) is 6.29 Å². The van der Waals surface area contributed by atoms with Crippen molar-refractivity contribution in [1.82, 2.24) is 4.98 Å². The Hall–Kier alpha value is -0.360. The van der Waals surface area contributed by atoms with Crippen molar-refractivity contribution in [3.05, 3.63) is 26.4 Å². The molecule has 0 bridgehead atoms. The number of aldehydes is 1. The monoisotopic (exact) mass is 313 g/mol. The summed E-state index contributed by atoms with van der Waals surface area (Å²) in [6.45, 7) is 0. The molecule has 1 rings (SSSR count). The molecule has 0 saturated carbocycles. The largest absolute Gasteiger partial charge is 0.298 e. The summed E-state index contributed by atoms with van der Waals surface area (Å²) in [5.41, 5.74) is -0.269. The summed E-state index contributed by atoms with van der Waals surface area (Å²) < 4.78 is 24.9. The van der Waals surface area contributed by atoms with Crippen molar-refractivity contribution < 1.29 is 13.6 Å². The van der Waals surface area contributed by atoms with E-state index in [0.29, 0.717) is 10.8 Å². The molecule has 6 heteroatoms. The first-order valence-electron chi connectivity index (χ1n) is 3.15. The molecule has 1 aromatic heterocycles. The van der Waals surface area contributed by atoms with Crippen LogP contribution in [0.3, 0.4) is 0 Å². The molecule has 0 aliphatic heterocycles. The van der Waals surface area contributed by atoms with Crippen molar-refractivity contribution in [2.45, 2.75) is 6.43 Å². The molecule has 0 aliphatic carbocycles. The van der Waals surface area contributed by atoms with Crippen molar-refractivity contribution in [2.24, 2.45) is 0 Å². The SMILES string of the molecule is O=Cc1cc(C(F)F)nc(Br)c1Br.